The van der Waals surface area contributed by atoms with Gasteiger partial charge in [-0.2, -0.15) is 0 Å². The highest BCUT2D eigenvalue weighted by molar-refractivity contribution is 5.92. The van der Waals surface area contributed by atoms with Gasteiger partial charge in [-0.25, -0.2) is 4.98 Å². The number of hydrogen-bond acceptors (Lipinski definition) is 2. The first-order valence-electron chi connectivity index (χ1n) is 5.91. The van der Waals surface area contributed by atoms with Gasteiger partial charge in [0.1, 0.15) is 5.82 Å². The van der Waals surface area contributed by atoms with Crippen LogP contribution in [0.4, 0.5) is 5.82 Å². The Labute approximate surface area is 96.7 Å². The van der Waals surface area contributed by atoms with Crippen LogP contribution in [-0.4, -0.2) is 11.5 Å². The molecule has 1 aromatic carbocycles. The van der Waals surface area contributed by atoms with Gasteiger partial charge in [0.2, 0.25) is 0 Å². The fourth-order valence-corrected chi connectivity index (χ4v) is 1.85. The van der Waals surface area contributed by atoms with E-state index >= 15 is 0 Å². The molecule has 1 aromatic heterocycles. The predicted octanol–water partition coefficient (Wildman–Crippen LogP) is 3.76. The minimum Gasteiger partial charge on any atom is -0.370 e. The van der Waals surface area contributed by atoms with E-state index in [-0.39, 0.29) is 0 Å². The van der Waals surface area contributed by atoms with Gasteiger partial charge in [-0.15, -0.1) is 0 Å². The van der Waals surface area contributed by atoms with E-state index in [9.17, 15) is 0 Å². The molecule has 1 N–H and O–H groups in total. The number of aromatic nitrogens is 1. The Morgan fingerprint density at radius 3 is 2.88 bits per heavy atom. The molecule has 0 bridgehead atoms. The third-order valence-corrected chi connectivity index (χ3v) is 2.69. The Morgan fingerprint density at radius 2 is 2.06 bits per heavy atom. The first-order valence-corrected chi connectivity index (χ1v) is 5.91. The Kier molecular flexibility index (Phi) is 3.40. The number of nitrogens with one attached hydrogen (secondary N) is 1. The maximum absolute atomic E-state index is 4.56. The lowest BCUT2D eigenvalue weighted by Crippen LogP contribution is -2.04. The van der Waals surface area contributed by atoms with Gasteiger partial charge >= 0.3 is 0 Å². The summed E-state index contributed by atoms with van der Waals surface area (Å²) in [6, 6.07) is 10.5. The van der Waals surface area contributed by atoms with Crippen molar-refractivity contribution >= 4 is 16.6 Å². The Bertz CT molecular complexity index is 477. The SMILES string of the molecule is CCCCNc1nc(C)cc2ccccc12. The second-order valence-electron chi connectivity index (χ2n) is 4.11. The normalized spacial score (nSPS) is 10.6. The van der Waals surface area contributed by atoms with Gasteiger partial charge in [0.05, 0.1) is 0 Å². The van der Waals surface area contributed by atoms with Crippen LogP contribution in [-0.2, 0) is 0 Å². The summed E-state index contributed by atoms with van der Waals surface area (Å²) in [5, 5.41) is 5.89. The summed E-state index contributed by atoms with van der Waals surface area (Å²) in [6.45, 7) is 5.23. The number of aryl methyl sites for hydroxylation is 1. The van der Waals surface area contributed by atoms with E-state index in [1.807, 2.05) is 6.92 Å². The second kappa shape index (κ2) is 4.97. The zero-order chi connectivity index (χ0) is 11.4. The molecule has 0 aliphatic rings. The van der Waals surface area contributed by atoms with E-state index < -0.39 is 0 Å². The molecule has 0 spiro atoms. The molecule has 0 saturated heterocycles. The molecule has 0 fully saturated rings. The van der Waals surface area contributed by atoms with Gasteiger partial charge in [-0.05, 0) is 24.8 Å². The molecule has 0 saturated carbocycles. The molecule has 0 unspecified atom stereocenters. The van der Waals surface area contributed by atoms with Crippen molar-refractivity contribution in [2.24, 2.45) is 0 Å². The minimum absolute atomic E-state index is 0.997. The van der Waals surface area contributed by atoms with Crippen molar-refractivity contribution in [3.8, 4) is 0 Å². The van der Waals surface area contributed by atoms with Crippen LogP contribution in [0, 0.1) is 6.92 Å². The van der Waals surface area contributed by atoms with E-state index in [0.29, 0.717) is 0 Å². The number of benzene rings is 1. The number of hydrogen-bond donors (Lipinski definition) is 1. The molecule has 16 heavy (non-hydrogen) atoms. The maximum atomic E-state index is 4.56. The predicted molar refractivity (Wildman–Crippen MR) is 69.9 cm³/mol. The van der Waals surface area contributed by atoms with Crippen molar-refractivity contribution in [3.63, 3.8) is 0 Å². The molecular formula is C14H18N2. The number of nitrogens with zero attached hydrogens (tertiary/aromatic N) is 1. The van der Waals surface area contributed by atoms with E-state index in [0.717, 1.165) is 18.1 Å². The molecule has 0 atom stereocenters. The van der Waals surface area contributed by atoms with Crippen molar-refractivity contribution < 1.29 is 0 Å². The monoisotopic (exact) mass is 214 g/mol. The van der Waals surface area contributed by atoms with E-state index in [1.54, 1.807) is 0 Å². The number of rotatable bonds is 4. The molecule has 2 aromatic rings. The summed E-state index contributed by atoms with van der Waals surface area (Å²) in [5.41, 5.74) is 1.07. The zero-order valence-electron chi connectivity index (χ0n) is 9.96. The zero-order valence-corrected chi connectivity index (χ0v) is 9.96. The molecule has 2 rings (SSSR count). The van der Waals surface area contributed by atoms with Crippen LogP contribution in [0.25, 0.3) is 10.8 Å². The minimum atomic E-state index is 0.997. The highest BCUT2D eigenvalue weighted by Crippen LogP contribution is 2.22. The fraction of sp³-hybridized carbons (Fsp3) is 0.357. The molecule has 84 valence electrons. The van der Waals surface area contributed by atoms with Crippen LogP contribution < -0.4 is 5.32 Å². The van der Waals surface area contributed by atoms with Crippen molar-refractivity contribution in [1.82, 2.24) is 4.98 Å². The number of anilines is 1. The van der Waals surface area contributed by atoms with E-state index in [4.69, 9.17) is 0 Å². The van der Waals surface area contributed by atoms with Crippen LogP contribution in [0.3, 0.4) is 0 Å². The van der Waals surface area contributed by atoms with Crippen LogP contribution in [0.15, 0.2) is 30.3 Å². The standard InChI is InChI=1S/C14H18N2/c1-3-4-9-15-14-13-8-6-5-7-12(13)10-11(2)16-14/h5-8,10H,3-4,9H2,1-2H3,(H,15,16). The summed E-state index contributed by atoms with van der Waals surface area (Å²) >= 11 is 0. The Morgan fingerprint density at radius 1 is 1.25 bits per heavy atom. The highest BCUT2D eigenvalue weighted by atomic mass is 15.0. The fourth-order valence-electron chi connectivity index (χ4n) is 1.85. The first kappa shape index (κ1) is 10.9. The Balaban J connectivity index is 2.34. The lowest BCUT2D eigenvalue weighted by molar-refractivity contribution is 0.831. The van der Waals surface area contributed by atoms with E-state index in [1.165, 1.54) is 23.6 Å². The van der Waals surface area contributed by atoms with Crippen molar-refractivity contribution in [3.05, 3.63) is 36.0 Å². The average Bonchev–Trinajstić information content (AvgIpc) is 2.29. The van der Waals surface area contributed by atoms with Gasteiger partial charge in [0.15, 0.2) is 0 Å². The summed E-state index contributed by atoms with van der Waals surface area (Å²) < 4.78 is 0. The number of unbranched alkanes of at least 4 members (excludes halogenated alkanes) is 1. The lowest BCUT2D eigenvalue weighted by Gasteiger charge is -2.09. The molecule has 1 heterocycles. The number of pyridine rings is 1. The average molecular weight is 214 g/mol. The maximum Gasteiger partial charge on any atom is 0.134 e. The van der Waals surface area contributed by atoms with Crippen LogP contribution in [0.1, 0.15) is 25.5 Å². The van der Waals surface area contributed by atoms with Gasteiger partial charge < -0.3 is 5.32 Å². The van der Waals surface area contributed by atoms with Gasteiger partial charge in [-0.1, -0.05) is 37.6 Å². The Hall–Kier alpha value is -1.57. The third kappa shape index (κ3) is 2.32. The van der Waals surface area contributed by atoms with Crippen molar-refractivity contribution in [2.75, 3.05) is 11.9 Å². The molecule has 2 nitrogen and oxygen atoms in total. The summed E-state index contributed by atoms with van der Waals surface area (Å²) in [5.74, 6) is 1.02. The molecule has 0 radical (unpaired) electrons. The quantitative estimate of drug-likeness (QED) is 0.784. The molecule has 0 aliphatic heterocycles. The molecule has 0 amide bonds. The van der Waals surface area contributed by atoms with Crippen molar-refractivity contribution in [1.29, 1.82) is 0 Å². The molecular weight excluding hydrogens is 196 g/mol. The van der Waals surface area contributed by atoms with Crippen molar-refractivity contribution in [2.45, 2.75) is 26.7 Å². The summed E-state index contributed by atoms with van der Waals surface area (Å²) in [4.78, 5) is 4.56. The highest BCUT2D eigenvalue weighted by Gasteiger charge is 2.02. The second-order valence-corrected chi connectivity index (χ2v) is 4.11. The summed E-state index contributed by atoms with van der Waals surface area (Å²) in [7, 11) is 0. The van der Waals surface area contributed by atoms with Crippen LogP contribution >= 0.6 is 0 Å². The molecule has 0 aliphatic carbocycles. The lowest BCUT2D eigenvalue weighted by atomic mass is 10.1. The first-order chi connectivity index (χ1) is 7.81. The topological polar surface area (TPSA) is 24.9 Å². The largest absolute Gasteiger partial charge is 0.370 e. The van der Waals surface area contributed by atoms with Gasteiger partial charge in [0, 0.05) is 17.6 Å². The molecule has 2 heteroatoms. The smallest absolute Gasteiger partial charge is 0.134 e. The van der Waals surface area contributed by atoms with Gasteiger partial charge in [0.25, 0.3) is 0 Å². The van der Waals surface area contributed by atoms with Crippen LogP contribution in [0.2, 0.25) is 0 Å². The number of fused-ring (bicyclic) bond motifs is 1. The van der Waals surface area contributed by atoms with E-state index in [2.05, 4.69) is 47.6 Å². The van der Waals surface area contributed by atoms with Crippen LogP contribution in [0.5, 0.6) is 0 Å². The summed E-state index contributed by atoms with van der Waals surface area (Å²) in [6.07, 6.45) is 2.39. The van der Waals surface area contributed by atoms with Gasteiger partial charge in [-0.3, -0.25) is 0 Å². The third-order valence-electron chi connectivity index (χ3n) is 2.69.